The zero-order valence-corrected chi connectivity index (χ0v) is 19.0. The molecule has 0 aliphatic heterocycles. The second-order valence-electron chi connectivity index (χ2n) is 7.27. The molecule has 0 radical (unpaired) electrons. The van der Waals surface area contributed by atoms with Crippen molar-refractivity contribution >= 4 is 43.4 Å². The van der Waals surface area contributed by atoms with Crippen LogP contribution in [0.2, 0.25) is 5.02 Å². The van der Waals surface area contributed by atoms with Gasteiger partial charge in [-0.2, -0.15) is 0 Å². The Labute approximate surface area is 186 Å². The number of nitrogens with one attached hydrogen (secondary N) is 2. The molecule has 2 heterocycles. The molecular weight excluding hydrogens is 434 g/mol. The monoisotopic (exact) mass is 457 g/mol. The molecule has 0 spiro atoms. The quantitative estimate of drug-likeness (QED) is 0.370. The molecule has 6 nitrogen and oxygen atoms in total. The molecule has 0 aliphatic rings. The molecule has 31 heavy (non-hydrogen) atoms. The molecule has 0 amide bonds. The fraction of sp³-hybridized carbons (Fsp3) is 0.261. The molecule has 0 saturated heterocycles. The molecule has 0 bridgehead atoms. The SMILES string of the molecule is CCS(=O)(=O)c1cccc(-c2ccc(OCCCNC)c3[nH]c4ncc(Cl)cc4c23)c1. The number of fused-ring (bicyclic) bond motifs is 3. The van der Waals surface area contributed by atoms with Gasteiger partial charge in [0.2, 0.25) is 0 Å². The van der Waals surface area contributed by atoms with E-state index in [1.165, 1.54) is 0 Å². The number of nitrogens with zero attached hydrogens (tertiary/aromatic N) is 1. The predicted molar refractivity (Wildman–Crippen MR) is 126 cm³/mol. The van der Waals surface area contributed by atoms with Crippen LogP contribution in [0.5, 0.6) is 5.75 Å². The average Bonchev–Trinajstić information content (AvgIpc) is 3.16. The van der Waals surface area contributed by atoms with E-state index in [4.69, 9.17) is 16.3 Å². The van der Waals surface area contributed by atoms with Gasteiger partial charge in [-0.05, 0) is 61.5 Å². The molecule has 8 heteroatoms. The number of hydrogen-bond acceptors (Lipinski definition) is 5. The summed E-state index contributed by atoms with van der Waals surface area (Å²) in [6.45, 7) is 3.08. The average molecular weight is 458 g/mol. The van der Waals surface area contributed by atoms with Gasteiger partial charge in [-0.1, -0.05) is 30.7 Å². The fourth-order valence-electron chi connectivity index (χ4n) is 3.65. The number of aromatic nitrogens is 2. The smallest absolute Gasteiger partial charge is 0.178 e. The molecule has 162 valence electrons. The summed E-state index contributed by atoms with van der Waals surface area (Å²) in [6, 6.07) is 12.8. The van der Waals surface area contributed by atoms with Gasteiger partial charge < -0.3 is 15.0 Å². The van der Waals surface area contributed by atoms with E-state index in [-0.39, 0.29) is 5.75 Å². The van der Waals surface area contributed by atoms with Crippen molar-refractivity contribution in [3.05, 3.63) is 53.7 Å². The highest BCUT2D eigenvalue weighted by molar-refractivity contribution is 7.91. The third-order valence-corrected chi connectivity index (χ3v) is 7.19. The summed E-state index contributed by atoms with van der Waals surface area (Å²) in [6.07, 6.45) is 2.47. The molecule has 0 unspecified atom stereocenters. The Balaban J connectivity index is 1.91. The van der Waals surface area contributed by atoms with Crippen molar-refractivity contribution in [3.8, 4) is 16.9 Å². The zero-order chi connectivity index (χ0) is 22.0. The number of pyridine rings is 1. The van der Waals surface area contributed by atoms with Gasteiger partial charge in [-0.15, -0.1) is 0 Å². The van der Waals surface area contributed by atoms with Crippen molar-refractivity contribution in [2.24, 2.45) is 0 Å². The summed E-state index contributed by atoms with van der Waals surface area (Å²) in [5, 5.41) is 5.41. The lowest BCUT2D eigenvalue weighted by molar-refractivity contribution is 0.313. The van der Waals surface area contributed by atoms with Gasteiger partial charge in [-0.25, -0.2) is 13.4 Å². The summed E-state index contributed by atoms with van der Waals surface area (Å²) in [7, 11) is -1.41. The van der Waals surface area contributed by atoms with Gasteiger partial charge >= 0.3 is 0 Å². The maximum Gasteiger partial charge on any atom is 0.178 e. The van der Waals surface area contributed by atoms with Gasteiger partial charge in [0.15, 0.2) is 9.84 Å². The number of benzene rings is 2. The summed E-state index contributed by atoms with van der Waals surface area (Å²) < 4.78 is 30.9. The van der Waals surface area contributed by atoms with E-state index in [0.717, 1.165) is 46.1 Å². The maximum absolute atomic E-state index is 12.4. The third kappa shape index (κ3) is 4.26. The van der Waals surface area contributed by atoms with Gasteiger partial charge in [0, 0.05) is 17.0 Å². The minimum atomic E-state index is -3.32. The molecule has 2 aromatic heterocycles. The highest BCUT2D eigenvalue weighted by Crippen LogP contribution is 2.39. The lowest BCUT2D eigenvalue weighted by Gasteiger charge is -2.11. The van der Waals surface area contributed by atoms with Crippen LogP contribution in [0.25, 0.3) is 33.1 Å². The number of hydrogen-bond donors (Lipinski definition) is 2. The lowest BCUT2D eigenvalue weighted by atomic mass is 9.99. The molecule has 0 fully saturated rings. The van der Waals surface area contributed by atoms with Gasteiger partial charge in [0.05, 0.1) is 27.8 Å². The first-order valence-electron chi connectivity index (χ1n) is 10.1. The minimum absolute atomic E-state index is 0.0534. The van der Waals surface area contributed by atoms with E-state index >= 15 is 0 Å². The largest absolute Gasteiger partial charge is 0.491 e. The lowest BCUT2D eigenvalue weighted by Crippen LogP contribution is -2.11. The summed E-state index contributed by atoms with van der Waals surface area (Å²) >= 11 is 6.24. The predicted octanol–water partition coefficient (Wildman–Crippen LogP) is 4.82. The van der Waals surface area contributed by atoms with Gasteiger partial charge in [-0.3, -0.25) is 0 Å². The van der Waals surface area contributed by atoms with E-state index in [9.17, 15) is 8.42 Å². The molecule has 0 atom stereocenters. The highest BCUT2D eigenvalue weighted by atomic mass is 35.5. The van der Waals surface area contributed by atoms with Crippen LogP contribution in [0.3, 0.4) is 0 Å². The minimum Gasteiger partial charge on any atom is -0.491 e. The maximum atomic E-state index is 12.4. The van der Waals surface area contributed by atoms with E-state index in [1.54, 1.807) is 31.3 Å². The number of H-pyrrole nitrogens is 1. The second kappa shape index (κ2) is 8.86. The third-order valence-electron chi connectivity index (χ3n) is 5.25. The summed E-state index contributed by atoms with van der Waals surface area (Å²) in [4.78, 5) is 8.09. The summed E-state index contributed by atoms with van der Waals surface area (Å²) in [5.74, 6) is 0.777. The van der Waals surface area contributed by atoms with Crippen LogP contribution >= 0.6 is 11.6 Å². The van der Waals surface area contributed by atoms with Crippen molar-refractivity contribution in [2.75, 3.05) is 26.0 Å². The molecule has 0 aliphatic carbocycles. The zero-order valence-electron chi connectivity index (χ0n) is 17.4. The molecule has 2 N–H and O–H groups in total. The first-order chi connectivity index (χ1) is 14.9. The molecular formula is C23H24ClN3O3S. The molecule has 4 rings (SSSR count). The Morgan fingerprint density at radius 3 is 2.81 bits per heavy atom. The second-order valence-corrected chi connectivity index (χ2v) is 9.99. The van der Waals surface area contributed by atoms with E-state index < -0.39 is 9.84 Å². The van der Waals surface area contributed by atoms with Crippen LogP contribution in [0, 0.1) is 0 Å². The van der Waals surface area contributed by atoms with Crippen molar-refractivity contribution in [2.45, 2.75) is 18.2 Å². The van der Waals surface area contributed by atoms with Crippen molar-refractivity contribution in [1.82, 2.24) is 15.3 Å². The number of aromatic amines is 1. The Morgan fingerprint density at radius 1 is 1.19 bits per heavy atom. The Bertz CT molecular complexity index is 1350. The Morgan fingerprint density at radius 2 is 2.03 bits per heavy atom. The molecule has 2 aromatic carbocycles. The van der Waals surface area contributed by atoms with Gasteiger partial charge in [0.1, 0.15) is 11.4 Å². The van der Waals surface area contributed by atoms with E-state index in [1.807, 2.05) is 31.3 Å². The van der Waals surface area contributed by atoms with Crippen LogP contribution < -0.4 is 10.1 Å². The van der Waals surface area contributed by atoms with E-state index in [2.05, 4.69) is 15.3 Å². The first kappa shape index (κ1) is 21.6. The number of rotatable bonds is 8. The van der Waals surface area contributed by atoms with E-state index in [0.29, 0.717) is 22.2 Å². The van der Waals surface area contributed by atoms with Crippen LogP contribution in [0.15, 0.2) is 53.6 Å². The fourth-order valence-corrected chi connectivity index (χ4v) is 4.73. The Hall–Kier alpha value is -2.61. The van der Waals surface area contributed by atoms with Crippen LogP contribution in [0.1, 0.15) is 13.3 Å². The number of halogens is 1. The van der Waals surface area contributed by atoms with Crippen molar-refractivity contribution in [1.29, 1.82) is 0 Å². The number of ether oxygens (including phenoxy) is 1. The summed E-state index contributed by atoms with van der Waals surface area (Å²) in [5.41, 5.74) is 3.21. The standard InChI is InChI=1S/C23H24ClN3O3S/c1-3-31(28,29)17-7-4-6-15(12-17)18-8-9-20(30-11-5-10-25-2)22-21(18)19-13-16(24)14-26-23(19)27-22/h4,6-9,12-14,25H,3,5,10-11H2,1-2H3,(H,26,27). The van der Waals surface area contributed by atoms with Crippen LogP contribution in [-0.2, 0) is 9.84 Å². The highest BCUT2D eigenvalue weighted by Gasteiger charge is 2.18. The van der Waals surface area contributed by atoms with Crippen molar-refractivity contribution in [3.63, 3.8) is 0 Å². The first-order valence-corrected chi connectivity index (χ1v) is 12.2. The van der Waals surface area contributed by atoms with Crippen LogP contribution in [-0.4, -0.2) is 44.3 Å². The normalized spacial score (nSPS) is 12.0. The molecule has 0 saturated carbocycles. The number of sulfone groups is 1. The van der Waals surface area contributed by atoms with Crippen LogP contribution in [0.4, 0.5) is 0 Å². The Kier molecular flexibility index (Phi) is 6.18. The van der Waals surface area contributed by atoms with Crippen molar-refractivity contribution < 1.29 is 13.2 Å². The molecule has 4 aromatic rings. The topological polar surface area (TPSA) is 84.1 Å². The van der Waals surface area contributed by atoms with Gasteiger partial charge in [0.25, 0.3) is 0 Å².